The Balaban J connectivity index is 3.05. The van der Waals surface area contributed by atoms with Gasteiger partial charge in [0.2, 0.25) is 0 Å². The summed E-state index contributed by atoms with van der Waals surface area (Å²) in [6.45, 7) is 1.61. The van der Waals surface area contributed by atoms with Gasteiger partial charge in [0, 0.05) is 16.2 Å². The molecular formula is C10H10Br2O. The highest BCUT2D eigenvalue weighted by Crippen LogP contribution is 2.23. The minimum atomic E-state index is 0.195. The van der Waals surface area contributed by atoms with Crippen molar-refractivity contribution in [3.05, 3.63) is 33.8 Å². The Hall–Kier alpha value is -0.150. The molecule has 0 atom stereocenters. The van der Waals surface area contributed by atoms with Gasteiger partial charge in [-0.2, -0.15) is 0 Å². The summed E-state index contributed by atoms with van der Waals surface area (Å²) in [4.78, 5) is 11.0. The van der Waals surface area contributed by atoms with Crippen molar-refractivity contribution in [2.75, 3.05) is 0 Å². The van der Waals surface area contributed by atoms with Crippen LogP contribution in [0.2, 0.25) is 0 Å². The lowest BCUT2D eigenvalue weighted by molar-refractivity contribution is -0.116. The van der Waals surface area contributed by atoms with Gasteiger partial charge in [0.1, 0.15) is 5.78 Å². The second-order valence-corrected chi connectivity index (χ2v) is 4.31. The van der Waals surface area contributed by atoms with E-state index in [9.17, 15) is 4.79 Å². The van der Waals surface area contributed by atoms with Crippen LogP contribution in [-0.4, -0.2) is 5.78 Å². The van der Waals surface area contributed by atoms with Gasteiger partial charge in [-0.15, -0.1) is 0 Å². The average Bonchev–Trinajstić information content (AvgIpc) is 2.03. The Kier molecular flexibility index (Phi) is 4.13. The summed E-state index contributed by atoms with van der Waals surface area (Å²) in [5.74, 6) is 0.195. The molecule has 0 aliphatic carbocycles. The average molecular weight is 306 g/mol. The number of carbonyl (C=O) groups is 1. The van der Waals surface area contributed by atoms with Crippen molar-refractivity contribution < 1.29 is 4.79 Å². The molecule has 0 bridgehead atoms. The molecule has 0 unspecified atom stereocenters. The van der Waals surface area contributed by atoms with E-state index >= 15 is 0 Å². The maximum Gasteiger partial charge on any atom is 0.134 e. The molecule has 0 saturated heterocycles. The van der Waals surface area contributed by atoms with Crippen LogP contribution in [0.25, 0.3) is 0 Å². The van der Waals surface area contributed by atoms with Crippen molar-refractivity contribution in [3.63, 3.8) is 0 Å². The van der Waals surface area contributed by atoms with Crippen LogP contribution in [0.4, 0.5) is 0 Å². The molecule has 0 radical (unpaired) electrons. The maximum atomic E-state index is 11.0. The fourth-order valence-corrected chi connectivity index (χ4v) is 2.77. The molecule has 1 aromatic rings. The molecule has 0 spiro atoms. The van der Waals surface area contributed by atoms with Crippen LogP contribution in [0.3, 0.4) is 0 Å². The second kappa shape index (κ2) is 4.91. The number of ketones is 1. The number of benzene rings is 1. The molecule has 1 nitrogen and oxygen atoms in total. The van der Waals surface area contributed by atoms with Crippen LogP contribution in [0, 0.1) is 0 Å². The predicted molar refractivity (Wildman–Crippen MR) is 61.2 cm³/mol. The van der Waals surface area contributed by atoms with E-state index in [-0.39, 0.29) is 5.78 Å². The standard InChI is InChI=1S/C10H10Br2O/c1-7(13)5-8-3-2-4-10(12)9(8)6-11/h2-4H,5-6H2,1H3. The Morgan fingerprint density at radius 2 is 2.15 bits per heavy atom. The number of alkyl halides is 1. The van der Waals surface area contributed by atoms with E-state index in [0.29, 0.717) is 6.42 Å². The Bertz CT molecular complexity index is 321. The minimum absolute atomic E-state index is 0.195. The number of rotatable bonds is 3. The fourth-order valence-electron chi connectivity index (χ4n) is 1.19. The molecule has 0 aliphatic rings. The smallest absolute Gasteiger partial charge is 0.134 e. The summed E-state index contributed by atoms with van der Waals surface area (Å²) in [5, 5.41) is 0.775. The van der Waals surface area contributed by atoms with Gasteiger partial charge in [0.25, 0.3) is 0 Å². The van der Waals surface area contributed by atoms with Crippen LogP contribution in [0.5, 0.6) is 0 Å². The van der Waals surface area contributed by atoms with Crippen LogP contribution in [0.1, 0.15) is 18.1 Å². The highest BCUT2D eigenvalue weighted by Gasteiger charge is 2.06. The van der Waals surface area contributed by atoms with Gasteiger partial charge in [0.05, 0.1) is 0 Å². The lowest BCUT2D eigenvalue weighted by Gasteiger charge is -2.06. The molecule has 0 amide bonds. The van der Waals surface area contributed by atoms with Gasteiger partial charge in [-0.05, 0) is 24.1 Å². The molecule has 1 rings (SSSR count). The van der Waals surface area contributed by atoms with Crippen molar-refractivity contribution in [1.29, 1.82) is 0 Å². The largest absolute Gasteiger partial charge is 0.300 e. The van der Waals surface area contributed by atoms with Crippen molar-refractivity contribution in [2.45, 2.75) is 18.7 Å². The molecule has 0 N–H and O–H groups in total. The van der Waals surface area contributed by atoms with Crippen LogP contribution < -0.4 is 0 Å². The third kappa shape index (κ3) is 2.92. The maximum absolute atomic E-state index is 11.0. The zero-order chi connectivity index (χ0) is 9.84. The first-order valence-electron chi connectivity index (χ1n) is 3.97. The Labute approximate surface area is 94.8 Å². The van der Waals surface area contributed by atoms with Crippen molar-refractivity contribution in [3.8, 4) is 0 Å². The summed E-state index contributed by atoms with van der Waals surface area (Å²) in [6, 6.07) is 5.93. The number of Topliss-reactive ketones (excluding diaryl/α,β-unsaturated/α-hetero) is 1. The van der Waals surface area contributed by atoms with Crippen molar-refractivity contribution in [1.82, 2.24) is 0 Å². The highest BCUT2D eigenvalue weighted by molar-refractivity contribution is 9.10. The Morgan fingerprint density at radius 3 is 2.69 bits per heavy atom. The van der Waals surface area contributed by atoms with Crippen LogP contribution >= 0.6 is 31.9 Å². The monoisotopic (exact) mass is 304 g/mol. The SMILES string of the molecule is CC(=O)Cc1cccc(Br)c1CBr. The topological polar surface area (TPSA) is 17.1 Å². The normalized spacial score (nSPS) is 10.1. The molecule has 0 heterocycles. The molecule has 70 valence electrons. The number of carbonyl (C=O) groups excluding carboxylic acids is 1. The highest BCUT2D eigenvalue weighted by atomic mass is 79.9. The summed E-state index contributed by atoms with van der Waals surface area (Å²) >= 11 is 6.86. The van der Waals surface area contributed by atoms with E-state index in [4.69, 9.17) is 0 Å². The number of hydrogen-bond donors (Lipinski definition) is 0. The van der Waals surface area contributed by atoms with E-state index in [1.165, 1.54) is 0 Å². The van der Waals surface area contributed by atoms with Crippen molar-refractivity contribution in [2.24, 2.45) is 0 Å². The van der Waals surface area contributed by atoms with Gasteiger partial charge in [0.15, 0.2) is 0 Å². The predicted octanol–water partition coefficient (Wildman–Crippen LogP) is 3.48. The van der Waals surface area contributed by atoms with Crippen LogP contribution in [0.15, 0.2) is 22.7 Å². The summed E-state index contributed by atoms with van der Waals surface area (Å²) < 4.78 is 1.06. The van der Waals surface area contributed by atoms with Gasteiger partial charge < -0.3 is 0 Å². The molecule has 0 aliphatic heterocycles. The molecule has 0 saturated carbocycles. The quantitative estimate of drug-likeness (QED) is 0.782. The summed E-state index contributed by atoms with van der Waals surface area (Å²) in [7, 11) is 0. The molecular weight excluding hydrogens is 296 g/mol. The van der Waals surface area contributed by atoms with E-state index in [0.717, 1.165) is 20.9 Å². The molecule has 1 aromatic carbocycles. The first-order chi connectivity index (χ1) is 6.15. The van der Waals surface area contributed by atoms with Gasteiger partial charge in [-0.3, -0.25) is 4.79 Å². The third-order valence-corrected chi connectivity index (χ3v) is 3.09. The molecule has 0 aromatic heterocycles. The van der Waals surface area contributed by atoms with Crippen molar-refractivity contribution >= 4 is 37.6 Å². The van der Waals surface area contributed by atoms with Crippen LogP contribution in [-0.2, 0) is 16.5 Å². The summed E-state index contributed by atoms with van der Waals surface area (Å²) in [5.41, 5.74) is 2.26. The Morgan fingerprint density at radius 1 is 1.46 bits per heavy atom. The van der Waals surface area contributed by atoms with Gasteiger partial charge in [-0.1, -0.05) is 44.0 Å². The fraction of sp³-hybridized carbons (Fsp3) is 0.300. The van der Waals surface area contributed by atoms with E-state index < -0.39 is 0 Å². The van der Waals surface area contributed by atoms with E-state index in [2.05, 4.69) is 31.9 Å². The minimum Gasteiger partial charge on any atom is -0.300 e. The molecule has 13 heavy (non-hydrogen) atoms. The zero-order valence-corrected chi connectivity index (χ0v) is 10.5. The van der Waals surface area contributed by atoms with E-state index in [1.54, 1.807) is 6.92 Å². The van der Waals surface area contributed by atoms with E-state index in [1.807, 2.05) is 18.2 Å². The lowest BCUT2D eigenvalue weighted by atomic mass is 10.0. The lowest BCUT2D eigenvalue weighted by Crippen LogP contribution is -2.00. The molecule has 0 fully saturated rings. The number of hydrogen-bond acceptors (Lipinski definition) is 1. The third-order valence-electron chi connectivity index (χ3n) is 1.79. The first kappa shape index (κ1) is 10.9. The van der Waals surface area contributed by atoms with Gasteiger partial charge >= 0.3 is 0 Å². The second-order valence-electron chi connectivity index (χ2n) is 2.89. The number of halogens is 2. The zero-order valence-electron chi connectivity index (χ0n) is 7.31. The summed E-state index contributed by atoms with van der Waals surface area (Å²) in [6.07, 6.45) is 0.514. The molecule has 3 heteroatoms. The first-order valence-corrected chi connectivity index (χ1v) is 5.88. The van der Waals surface area contributed by atoms with Gasteiger partial charge in [-0.25, -0.2) is 0 Å².